The Bertz CT molecular complexity index is 1030. The summed E-state index contributed by atoms with van der Waals surface area (Å²) in [6.07, 6.45) is 70.9. The van der Waals surface area contributed by atoms with Crippen molar-refractivity contribution < 1.29 is 24.5 Å². The molecule has 0 aliphatic carbocycles. The van der Waals surface area contributed by atoms with Crippen LogP contribution in [0.5, 0.6) is 0 Å². The lowest BCUT2D eigenvalue weighted by atomic mass is 10.0. The van der Waals surface area contributed by atoms with Gasteiger partial charge in [-0.2, -0.15) is 0 Å². The smallest absolute Gasteiger partial charge is 0.305 e. The molecule has 3 N–H and O–H groups in total. The average molecular weight is 975 g/mol. The maximum absolute atomic E-state index is 12.5. The number of amides is 1. The number of ether oxygens (including phenoxy) is 1. The van der Waals surface area contributed by atoms with Crippen LogP contribution < -0.4 is 5.32 Å². The topological polar surface area (TPSA) is 95.9 Å². The zero-order chi connectivity index (χ0) is 50.0. The van der Waals surface area contributed by atoms with Crippen molar-refractivity contribution in [1.29, 1.82) is 0 Å². The van der Waals surface area contributed by atoms with Gasteiger partial charge >= 0.3 is 5.97 Å². The molecular weight excluding hydrogens is 851 g/mol. The van der Waals surface area contributed by atoms with Crippen LogP contribution >= 0.6 is 0 Å². The van der Waals surface area contributed by atoms with Gasteiger partial charge < -0.3 is 20.3 Å². The average Bonchev–Trinajstić information content (AvgIpc) is 3.35. The molecule has 1 amide bonds. The second kappa shape index (κ2) is 59.2. The van der Waals surface area contributed by atoms with Gasteiger partial charge in [0.15, 0.2) is 0 Å². The molecule has 0 aromatic rings. The van der Waals surface area contributed by atoms with Crippen molar-refractivity contribution in [2.75, 3.05) is 13.2 Å². The summed E-state index contributed by atoms with van der Waals surface area (Å²) >= 11 is 0. The molecule has 69 heavy (non-hydrogen) atoms. The zero-order valence-corrected chi connectivity index (χ0v) is 46.8. The highest BCUT2D eigenvalue weighted by Crippen LogP contribution is 2.18. The van der Waals surface area contributed by atoms with Gasteiger partial charge in [0.25, 0.3) is 0 Å². The molecule has 410 valence electrons. The minimum Gasteiger partial charge on any atom is -0.466 e. The summed E-state index contributed by atoms with van der Waals surface area (Å²) in [6, 6.07) is -0.538. The van der Waals surface area contributed by atoms with Crippen LogP contribution in [0.15, 0.2) is 12.2 Å². The Morgan fingerprint density at radius 2 is 0.681 bits per heavy atom. The molecule has 0 heterocycles. The maximum Gasteiger partial charge on any atom is 0.305 e. The van der Waals surface area contributed by atoms with E-state index in [0.717, 1.165) is 44.9 Å². The van der Waals surface area contributed by atoms with Gasteiger partial charge in [-0.15, -0.1) is 0 Å². The summed E-state index contributed by atoms with van der Waals surface area (Å²) in [7, 11) is 0. The van der Waals surface area contributed by atoms with Crippen molar-refractivity contribution in [1.82, 2.24) is 5.32 Å². The molecule has 6 nitrogen and oxygen atoms in total. The SMILES string of the molecule is CCCCCC/C=C\CCCCCCCC(=O)OCCCCCCCCCCCCCCCCCCCCCCCCCCCCC(=O)NC(CO)C(O)CCCCCCCCCCCCCCC. The first-order valence-corrected chi connectivity index (χ1v) is 31.4. The van der Waals surface area contributed by atoms with Crippen LogP contribution in [0.25, 0.3) is 0 Å². The molecule has 0 rings (SSSR count). The first-order chi connectivity index (χ1) is 34.0. The molecule has 0 spiro atoms. The van der Waals surface area contributed by atoms with Gasteiger partial charge in [0.2, 0.25) is 5.91 Å². The van der Waals surface area contributed by atoms with Crippen molar-refractivity contribution in [2.45, 2.75) is 366 Å². The monoisotopic (exact) mass is 974 g/mol. The van der Waals surface area contributed by atoms with E-state index in [1.807, 2.05) is 0 Å². The summed E-state index contributed by atoms with van der Waals surface area (Å²) in [4.78, 5) is 24.5. The van der Waals surface area contributed by atoms with Crippen molar-refractivity contribution in [3.8, 4) is 0 Å². The molecule has 2 unspecified atom stereocenters. The number of hydrogen-bond acceptors (Lipinski definition) is 5. The van der Waals surface area contributed by atoms with Crippen molar-refractivity contribution >= 4 is 11.9 Å². The number of carbonyl (C=O) groups is 2. The fourth-order valence-corrected chi connectivity index (χ4v) is 9.99. The number of nitrogens with one attached hydrogen (secondary N) is 1. The largest absolute Gasteiger partial charge is 0.466 e. The first kappa shape index (κ1) is 67.6. The van der Waals surface area contributed by atoms with E-state index in [0.29, 0.717) is 25.9 Å². The van der Waals surface area contributed by atoms with E-state index in [1.54, 1.807) is 0 Å². The first-order valence-electron chi connectivity index (χ1n) is 31.4. The number of esters is 1. The Morgan fingerprint density at radius 1 is 0.391 bits per heavy atom. The van der Waals surface area contributed by atoms with Gasteiger partial charge in [0.05, 0.1) is 25.4 Å². The molecule has 6 heteroatoms. The Labute approximate surface area is 431 Å². The molecule has 2 atom stereocenters. The van der Waals surface area contributed by atoms with Crippen LogP contribution in [0.3, 0.4) is 0 Å². The molecule has 0 aromatic heterocycles. The summed E-state index contributed by atoms with van der Waals surface area (Å²) in [6.45, 7) is 4.96. The Hall–Kier alpha value is -1.40. The van der Waals surface area contributed by atoms with Crippen LogP contribution in [-0.4, -0.2) is 47.4 Å². The van der Waals surface area contributed by atoms with Gasteiger partial charge in [0, 0.05) is 12.8 Å². The van der Waals surface area contributed by atoms with E-state index in [2.05, 4.69) is 31.3 Å². The quantitative estimate of drug-likeness (QED) is 0.0321. The van der Waals surface area contributed by atoms with Gasteiger partial charge in [-0.25, -0.2) is 0 Å². The van der Waals surface area contributed by atoms with Gasteiger partial charge in [-0.3, -0.25) is 9.59 Å². The lowest BCUT2D eigenvalue weighted by Gasteiger charge is -2.22. The van der Waals surface area contributed by atoms with Crippen LogP contribution in [0.1, 0.15) is 354 Å². The summed E-state index contributed by atoms with van der Waals surface area (Å²) < 4.78 is 5.48. The molecule has 0 saturated carbocycles. The number of aliphatic hydroxyl groups is 2. The number of allylic oxidation sites excluding steroid dienone is 2. The van der Waals surface area contributed by atoms with E-state index in [-0.39, 0.29) is 18.5 Å². The Kier molecular flexibility index (Phi) is 58.0. The van der Waals surface area contributed by atoms with Crippen LogP contribution in [0.2, 0.25) is 0 Å². The Morgan fingerprint density at radius 3 is 1.04 bits per heavy atom. The second-order valence-corrected chi connectivity index (χ2v) is 21.7. The van der Waals surface area contributed by atoms with E-state index in [9.17, 15) is 19.8 Å². The molecule has 0 bridgehead atoms. The summed E-state index contributed by atoms with van der Waals surface area (Å²) in [5.74, 6) is -0.0225. The number of carbonyl (C=O) groups excluding carboxylic acids is 2. The number of aliphatic hydroxyl groups excluding tert-OH is 2. The third-order valence-corrected chi connectivity index (χ3v) is 14.8. The molecule has 0 radical (unpaired) electrons. The van der Waals surface area contributed by atoms with Crippen molar-refractivity contribution in [3.63, 3.8) is 0 Å². The lowest BCUT2D eigenvalue weighted by Crippen LogP contribution is -2.45. The maximum atomic E-state index is 12.5. The number of rotatable bonds is 59. The van der Waals surface area contributed by atoms with E-state index in [4.69, 9.17) is 4.74 Å². The predicted octanol–water partition coefficient (Wildman–Crippen LogP) is 19.6. The highest BCUT2D eigenvalue weighted by atomic mass is 16.5. The standard InChI is InChI=1S/C63H123NO5/c1-3-5-7-9-11-13-15-31-35-39-43-47-51-55-61(66)60(59-65)64-62(67)56-52-48-44-40-36-33-29-27-25-23-21-19-17-18-20-22-24-26-28-30-34-38-42-46-50-54-58-69-63(68)57-53-49-45-41-37-32-16-14-12-10-8-6-4-2/h14,16,60-61,65-66H,3-13,15,17-59H2,1-2H3,(H,64,67)/b16-14-. The van der Waals surface area contributed by atoms with Crippen LogP contribution in [-0.2, 0) is 14.3 Å². The summed E-state index contributed by atoms with van der Waals surface area (Å²) in [5.41, 5.74) is 0. The second-order valence-electron chi connectivity index (χ2n) is 21.7. The zero-order valence-electron chi connectivity index (χ0n) is 46.8. The van der Waals surface area contributed by atoms with Crippen molar-refractivity contribution in [2.24, 2.45) is 0 Å². The molecule has 0 aliphatic rings. The third kappa shape index (κ3) is 55.8. The molecule has 0 aliphatic heterocycles. The molecule has 0 aromatic carbocycles. The summed E-state index contributed by atoms with van der Waals surface area (Å²) in [5, 5.41) is 23.3. The number of hydrogen-bond donors (Lipinski definition) is 3. The van der Waals surface area contributed by atoms with E-state index < -0.39 is 12.1 Å². The minimum absolute atomic E-state index is 0.00852. The lowest BCUT2D eigenvalue weighted by molar-refractivity contribution is -0.143. The normalized spacial score (nSPS) is 12.6. The molecular formula is C63H123NO5. The fraction of sp³-hybridized carbons (Fsp3) is 0.937. The van der Waals surface area contributed by atoms with Crippen molar-refractivity contribution in [3.05, 3.63) is 12.2 Å². The molecule has 0 saturated heterocycles. The minimum atomic E-state index is -0.661. The van der Waals surface area contributed by atoms with Gasteiger partial charge in [-0.05, 0) is 51.4 Å². The van der Waals surface area contributed by atoms with Crippen LogP contribution in [0, 0.1) is 0 Å². The van der Waals surface area contributed by atoms with Gasteiger partial charge in [0.1, 0.15) is 0 Å². The van der Waals surface area contributed by atoms with Gasteiger partial charge in [-0.1, -0.05) is 302 Å². The molecule has 0 fully saturated rings. The van der Waals surface area contributed by atoms with E-state index in [1.165, 1.54) is 276 Å². The van der Waals surface area contributed by atoms with Crippen LogP contribution in [0.4, 0.5) is 0 Å². The number of unbranched alkanes of at least 4 members (excludes halogenated alkanes) is 46. The highest BCUT2D eigenvalue weighted by molar-refractivity contribution is 5.76. The Balaban J connectivity index is 3.34. The highest BCUT2D eigenvalue weighted by Gasteiger charge is 2.20. The third-order valence-electron chi connectivity index (χ3n) is 14.8. The predicted molar refractivity (Wildman–Crippen MR) is 301 cm³/mol. The fourth-order valence-electron chi connectivity index (χ4n) is 9.99. The van der Waals surface area contributed by atoms with E-state index >= 15 is 0 Å².